The number of carboxylic acids is 1. The molecule has 2 rings (SSSR count). The van der Waals surface area contributed by atoms with Gasteiger partial charge in [0.25, 0.3) is 0 Å². The van der Waals surface area contributed by atoms with Crippen molar-refractivity contribution in [3.63, 3.8) is 0 Å². The van der Waals surface area contributed by atoms with Crippen molar-refractivity contribution in [1.29, 1.82) is 0 Å². The molecule has 0 amide bonds. The van der Waals surface area contributed by atoms with Crippen LogP contribution in [-0.2, 0) is 4.74 Å². The minimum atomic E-state index is -1.09. The lowest BCUT2D eigenvalue weighted by Gasteiger charge is -2.32. The van der Waals surface area contributed by atoms with Crippen LogP contribution in [0.4, 0.5) is 5.82 Å². The highest BCUT2D eigenvalue weighted by atomic mass is 16.5. The third kappa shape index (κ3) is 3.62. The van der Waals surface area contributed by atoms with Gasteiger partial charge in [-0.2, -0.15) is 0 Å². The van der Waals surface area contributed by atoms with E-state index in [4.69, 9.17) is 9.84 Å². The highest BCUT2D eigenvalue weighted by Crippen LogP contribution is 2.10. The van der Waals surface area contributed by atoms with Crippen molar-refractivity contribution < 1.29 is 14.6 Å². The van der Waals surface area contributed by atoms with Gasteiger partial charge in [-0.1, -0.05) is 6.92 Å². The summed E-state index contributed by atoms with van der Waals surface area (Å²) in [6.45, 7) is 6.11. The molecule has 7 heteroatoms. The van der Waals surface area contributed by atoms with Crippen LogP contribution < -0.4 is 5.32 Å². The second-order valence-corrected chi connectivity index (χ2v) is 4.33. The average molecular weight is 266 g/mol. The van der Waals surface area contributed by atoms with Crippen LogP contribution in [-0.4, -0.2) is 64.8 Å². The first-order valence-corrected chi connectivity index (χ1v) is 6.32. The first-order chi connectivity index (χ1) is 9.20. The molecule has 19 heavy (non-hydrogen) atoms. The summed E-state index contributed by atoms with van der Waals surface area (Å²) < 4.78 is 5.63. The number of hydrogen-bond acceptors (Lipinski definition) is 6. The molecule has 1 aromatic heterocycles. The topological polar surface area (TPSA) is 87.6 Å². The number of nitrogens with one attached hydrogen (secondary N) is 1. The van der Waals surface area contributed by atoms with E-state index in [0.717, 1.165) is 19.6 Å². The van der Waals surface area contributed by atoms with E-state index in [0.29, 0.717) is 13.2 Å². The van der Waals surface area contributed by atoms with Crippen LogP contribution >= 0.6 is 0 Å². The fourth-order valence-corrected chi connectivity index (χ4v) is 2.03. The fraction of sp³-hybridized carbons (Fsp3) is 0.583. The Hall–Kier alpha value is -1.73. The van der Waals surface area contributed by atoms with Gasteiger partial charge >= 0.3 is 5.97 Å². The predicted octanol–water partition coefficient (Wildman–Crippen LogP) is 0.307. The SMILES string of the molecule is CCN1CCOC(CNc2nccnc2C(=O)O)C1. The number of ether oxygens (including phenoxy) is 1. The van der Waals surface area contributed by atoms with Crippen molar-refractivity contribution in [3.8, 4) is 0 Å². The molecule has 1 unspecified atom stereocenters. The van der Waals surface area contributed by atoms with Gasteiger partial charge in [0.2, 0.25) is 0 Å². The molecule has 7 nitrogen and oxygen atoms in total. The number of rotatable bonds is 5. The van der Waals surface area contributed by atoms with Crippen LogP contribution in [0.5, 0.6) is 0 Å². The minimum Gasteiger partial charge on any atom is -0.476 e. The number of aromatic nitrogens is 2. The van der Waals surface area contributed by atoms with Crippen molar-refractivity contribution in [3.05, 3.63) is 18.1 Å². The molecule has 1 aromatic rings. The molecule has 0 bridgehead atoms. The first kappa shape index (κ1) is 13.7. The Kier molecular flexibility index (Phi) is 4.64. The number of morpholine rings is 1. The normalized spacial score (nSPS) is 20.2. The molecule has 104 valence electrons. The van der Waals surface area contributed by atoms with Crippen LogP contribution in [0.1, 0.15) is 17.4 Å². The zero-order chi connectivity index (χ0) is 13.7. The minimum absolute atomic E-state index is 0.0392. The standard InChI is InChI=1S/C12H18N4O3/c1-2-16-5-6-19-9(8-16)7-15-11-10(12(17)18)13-3-4-14-11/h3-4,9H,2,5-8H2,1H3,(H,14,15)(H,17,18). The molecular formula is C12H18N4O3. The van der Waals surface area contributed by atoms with Gasteiger partial charge in [-0.15, -0.1) is 0 Å². The van der Waals surface area contributed by atoms with E-state index >= 15 is 0 Å². The Morgan fingerprint density at radius 1 is 1.58 bits per heavy atom. The molecule has 1 fully saturated rings. The lowest BCUT2D eigenvalue weighted by atomic mass is 10.2. The van der Waals surface area contributed by atoms with E-state index in [1.807, 2.05) is 0 Å². The highest BCUT2D eigenvalue weighted by molar-refractivity contribution is 5.90. The van der Waals surface area contributed by atoms with E-state index in [1.165, 1.54) is 12.4 Å². The van der Waals surface area contributed by atoms with Gasteiger partial charge in [0.05, 0.1) is 12.7 Å². The maximum atomic E-state index is 11.0. The molecule has 1 saturated heterocycles. The highest BCUT2D eigenvalue weighted by Gasteiger charge is 2.20. The molecule has 0 aromatic carbocycles. The van der Waals surface area contributed by atoms with Crippen molar-refractivity contribution in [1.82, 2.24) is 14.9 Å². The Morgan fingerprint density at radius 2 is 2.37 bits per heavy atom. The number of nitrogens with zero attached hydrogens (tertiary/aromatic N) is 3. The van der Waals surface area contributed by atoms with Crippen molar-refractivity contribution in [2.75, 3.05) is 38.1 Å². The van der Waals surface area contributed by atoms with Crippen LogP contribution in [0.3, 0.4) is 0 Å². The number of carboxylic acid groups (broad SMARTS) is 1. The van der Waals surface area contributed by atoms with Crippen LogP contribution in [0.25, 0.3) is 0 Å². The van der Waals surface area contributed by atoms with Crippen molar-refractivity contribution in [2.45, 2.75) is 13.0 Å². The third-order valence-electron chi connectivity index (χ3n) is 3.07. The van der Waals surface area contributed by atoms with Crippen LogP contribution in [0, 0.1) is 0 Å². The molecular weight excluding hydrogens is 248 g/mol. The largest absolute Gasteiger partial charge is 0.476 e. The van der Waals surface area contributed by atoms with Gasteiger partial charge in [0.1, 0.15) is 0 Å². The monoisotopic (exact) mass is 266 g/mol. The maximum absolute atomic E-state index is 11.0. The third-order valence-corrected chi connectivity index (χ3v) is 3.07. The quantitative estimate of drug-likeness (QED) is 0.792. The second-order valence-electron chi connectivity index (χ2n) is 4.33. The summed E-state index contributed by atoms with van der Waals surface area (Å²) in [5.41, 5.74) is -0.0642. The number of carbonyl (C=O) groups is 1. The van der Waals surface area contributed by atoms with Crippen molar-refractivity contribution in [2.24, 2.45) is 0 Å². The number of hydrogen-bond donors (Lipinski definition) is 2. The summed E-state index contributed by atoms with van der Waals surface area (Å²) >= 11 is 0. The fourth-order valence-electron chi connectivity index (χ4n) is 2.03. The summed E-state index contributed by atoms with van der Waals surface area (Å²) in [4.78, 5) is 21.1. The molecule has 2 N–H and O–H groups in total. The summed E-state index contributed by atoms with van der Waals surface area (Å²) in [5.74, 6) is -0.803. The average Bonchev–Trinajstić information content (AvgIpc) is 2.45. The summed E-state index contributed by atoms with van der Waals surface area (Å²) in [7, 11) is 0. The summed E-state index contributed by atoms with van der Waals surface area (Å²) in [5, 5.41) is 12.0. The molecule has 1 atom stereocenters. The molecule has 0 aliphatic carbocycles. The molecule has 0 radical (unpaired) electrons. The smallest absolute Gasteiger partial charge is 0.358 e. The Morgan fingerprint density at radius 3 is 3.11 bits per heavy atom. The van der Waals surface area contributed by atoms with Crippen LogP contribution in [0.15, 0.2) is 12.4 Å². The molecule has 0 spiro atoms. The van der Waals surface area contributed by atoms with E-state index in [2.05, 4.69) is 27.1 Å². The van der Waals surface area contributed by atoms with Crippen molar-refractivity contribution >= 4 is 11.8 Å². The second kappa shape index (κ2) is 6.44. The van der Waals surface area contributed by atoms with E-state index < -0.39 is 5.97 Å². The zero-order valence-electron chi connectivity index (χ0n) is 10.9. The lowest BCUT2D eigenvalue weighted by Crippen LogP contribution is -2.45. The molecule has 2 heterocycles. The molecule has 1 aliphatic heterocycles. The van der Waals surface area contributed by atoms with Gasteiger partial charge in [-0.3, -0.25) is 4.90 Å². The van der Waals surface area contributed by atoms with Gasteiger partial charge in [-0.05, 0) is 6.54 Å². The van der Waals surface area contributed by atoms with E-state index in [1.54, 1.807) is 0 Å². The Bertz CT molecular complexity index is 441. The molecule has 1 aliphatic rings. The van der Waals surface area contributed by atoms with Gasteiger partial charge in [-0.25, -0.2) is 14.8 Å². The Labute approximate surface area is 111 Å². The van der Waals surface area contributed by atoms with Gasteiger partial charge in [0, 0.05) is 32.0 Å². The van der Waals surface area contributed by atoms with Gasteiger partial charge in [0.15, 0.2) is 11.5 Å². The van der Waals surface area contributed by atoms with E-state index in [9.17, 15) is 4.79 Å². The lowest BCUT2D eigenvalue weighted by molar-refractivity contribution is -0.0192. The molecule has 0 saturated carbocycles. The van der Waals surface area contributed by atoms with Crippen LogP contribution in [0.2, 0.25) is 0 Å². The predicted molar refractivity (Wildman–Crippen MR) is 69.3 cm³/mol. The first-order valence-electron chi connectivity index (χ1n) is 6.32. The van der Waals surface area contributed by atoms with Gasteiger partial charge < -0.3 is 15.2 Å². The Balaban J connectivity index is 1.93. The summed E-state index contributed by atoms with van der Waals surface area (Å²) in [6, 6.07) is 0. The zero-order valence-corrected chi connectivity index (χ0v) is 10.9. The maximum Gasteiger partial charge on any atom is 0.358 e. The summed E-state index contributed by atoms with van der Waals surface area (Å²) in [6.07, 6.45) is 2.87. The van der Waals surface area contributed by atoms with E-state index in [-0.39, 0.29) is 17.6 Å². The number of aromatic carboxylic acids is 1. The number of likely N-dealkylation sites (N-methyl/N-ethyl adjacent to an activating group) is 1. The number of anilines is 1.